The van der Waals surface area contributed by atoms with Gasteiger partial charge in [0.2, 0.25) is 0 Å². The maximum atomic E-state index is 13.3. The van der Waals surface area contributed by atoms with E-state index < -0.39 is 0 Å². The zero-order chi connectivity index (χ0) is 9.80. The summed E-state index contributed by atoms with van der Waals surface area (Å²) in [6, 6.07) is 9.85. The molecule has 0 saturated heterocycles. The molecule has 0 aliphatic carbocycles. The minimum absolute atomic E-state index is 0.174. The normalized spacial score (nSPS) is 15.5. The first-order valence-corrected chi connectivity index (χ1v) is 5.25. The molecule has 0 bridgehead atoms. The van der Waals surface area contributed by atoms with Crippen LogP contribution in [0.5, 0.6) is 0 Å². The standard InChI is InChI=1S/C11H10FNS/c12-10-6-7-14-13-11(10)8-9-4-2-1-3-5-9/h1-7,13H,8H2. The molecule has 0 amide bonds. The van der Waals surface area contributed by atoms with E-state index in [1.165, 1.54) is 18.0 Å². The molecule has 0 radical (unpaired) electrons. The number of hydrogen-bond acceptors (Lipinski definition) is 2. The predicted octanol–water partition coefficient (Wildman–Crippen LogP) is 3.18. The third-order valence-electron chi connectivity index (χ3n) is 1.98. The minimum atomic E-state index is -0.174. The van der Waals surface area contributed by atoms with Crippen molar-refractivity contribution in [3.63, 3.8) is 0 Å². The van der Waals surface area contributed by atoms with E-state index in [1.54, 1.807) is 5.41 Å². The number of rotatable bonds is 2. The van der Waals surface area contributed by atoms with Gasteiger partial charge in [-0.05, 0) is 29.0 Å². The molecule has 0 atom stereocenters. The summed E-state index contributed by atoms with van der Waals surface area (Å²) in [6.45, 7) is 0. The van der Waals surface area contributed by atoms with Crippen molar-refractivity contribution in [3.8, 4) is 0 Å². The highest BCUT2D eigenvalue weighted by Crippen LogP contribution is 2.20. The Bertz CT molecular complexity index is 370. The third-order valence-corrected chi connectivity index (χ3v) is 2.61. The summed E-state index contributed by atoms with van der Waals surface area (Å²) in [7, 11) is 0. The molecule has 1 nitrogen and oxygen atoms in total. The Labute approximate surface area is 86.8 Å². The fraction of sp³-hybridized carbons (Fsp3) is 0.0909. The lowest BCUT2D eigenvalue weighted by Crippen LogP contribution is -2.09. The summed E-state index contributed by atoms with van der Waals surface area (Å²) >= 11 is 1.40. The molecule has 0 unspecified atom stereocenters. The van der Waals surface area contributed by atoms with Crippen molar-refractivity contribution in [3.05, 3.63) is 58.9 Å². The molecule has 0 spiro atoms. The van der Waals surface area contributed by atoms with E-state index in [0.29, 0.717) is 12.1 Å². The van der Waals surface area contributed by atoms with E-state index in [4.69, 9.17) is 0 Å². The lowest BCUT2D eigenvalue weighted by Gasteiger charge is -2.12. The Hall–Kier alpha value is -1.22. The molecule has 72 valence electrons. The molecule has 0 aromatic heterocycles. The Kier molecular flexibility index (Phi) is 2.89. The van der Waals surface area contributed by atoms with Gasteiger partial charge in [-0.25, -0.2) is 4.39 Å². The average molecular weight is 207 g/mol. The summed E-state index contributed by atoms with van der Waals surface area (Å²) in [5.41, 5.74) is 1.75. The van der Waals surface area contributed by atoms with Crippen molar-refractivity contribution in [1.82, 2.24) is 4.72 Å². The van der Waals surface area contributed by atoms with Crippen LogP contribution in [0.1, 0.15) is 5.56 Å². The third kappa shape index (κ3) is 2.17. The fourth-order valence-corrected chi connectivity index (χ4v) is 1.84. The number of allylic oxidation sites excluding steroid dienone is 3. The molecule has 1 heterocycles. The largest absolute Gasteiger partial charge is 0.327 e. The van der Waals surface area contributed by atoms with Crippen LogP contribution in [-0.4, -0.2) is 0 Å². The van der Waals surface area contributed by atoms with Crippen molar-refractivity contribution < 1.29 is 4.39 Å². The maximum Gasteiger partial charge on any atom is 0.143 e. The lowest BCUT2D eigenvalue weighted by molar-refractivity contribution is 0.642. The monoisotopic (exact) mass is 207 g/mol. The van der Waals surface area contributed by atoms with Crippen LogP contribution in [0.2, 0.25) is 0 Å². The molecule has 3 heteroatoms. The van der Waals surface area contributed by atoms with Gasteiger partial charge in [-0.3, -0.25) is 0 Å². The second-order valence-electron chi connectivity index (χ2n) is 3.01. The molecule has 0 saturated carbocycles. The van der Waals surface area contributed by atoms with E-state index in [-0.39, 0.29) is 5.83 Å². The highest BCUT2D eigenvalue weighted by molar-refractivity contribution is 8.00. The quantitative estimate of drug-likeness (QED) is 0.747. The Morgan fingerprint density at radius 1 is 1.21 bits per heavy atom. The SMILES string of the molecule is FC1=C(Cc2ccccc2)NSC=C1. The van der Waals surface area contributed by atoms with Gasteiger partial charge in [0.15, 0.2) is 0 Å². The van der Waals surface area contributed by atoms with Gasteiger partial charge in [0.1, 0.15) is 5.83 Å². The fourth-order valence-electron chi connectivity index (χ4n) is 1.27. The maximum absolute atomic E-state index is 13.3. The van der Waals surface area contributed by atoms with Gasteiger partial charge >= 0.3 is 0 Å². The van der Waals surface area contributed by atoms with Crippen LogP contribution >= 0.6 is 11.9 Å². The molecule has 0 fully saturated rings. The molecular weight excluding hydrogens is 197 g/mol. The lowest BCUT2D eigenvalue weighted by atomic mass is 10.1. The minimum Gasteiger partial charge on any atom is -0.327 e. The Balaban J connectivity index is 2.15. The average Bonchev–Trinajstić information content (AvgIpc) is 2.23. The Morgan fingerprint density at radius 2 is 2.00 bits per heavy atom. The van der Waals surface area contributed by atoms with E-state index in [0.717, 1.165) is 5.56 Å². The first kappa shape index (κ1) is 9.34. The number of benzene rings is 1. The summed E-state index contributed by atoms with van der Waals surface area (Å²) in [5, 5.41) is 1.70. The molecule has 1 aliphatic heterocycles. The van der Waals surface area contributed by atoms with Gasteiger partial charge in [0, 0.05) is 6.42 Å². The van der Waals surface area contributed by atoms with Crippen molar-refractivity contribution in [2.45, 2.75) is 6.42 Å². The van der Waals surface area contributed by atoms with Crippen LogP contribution in [0.3, 0.4) is 0 Å². The van der Waals surface area contributed by atoms with Crippen LogP contribution in [0.4, 0.5) is 4.39 Å². The zero-order valence-electron chi connectivity index (χ0n) is 7.53. The van der Waals surface area contributed by atoms with E-state index in [1.807, 2.05) is 30.3 Å². The van der Waals surface area contributed by atoms with E-state index in [2.05, 4.69) is 4.72 Å². The molecule has 14 heavy (non-hydrogen) atoms. The van der Waals surface area contributed by atoms with Gasteiger partial charge in [-0.1, -0.05) is 30.3 Å². The first-order chi connectivity index (χ1) is 6.86. The van der Waals surface area contributed by atoms with Crippen molar-refractivity contribution >= 4 is 11.9 Å². The van der Waals surface area contributed by atoms with Gasteiger partial charge in [0.25, 0.3) is 0 Å². The molecule has 2 rings (SSSR count). The van der Waals surface area contributed by atoms with Crippen molar-refractivity contribution in [1.29, 1.82) is 0 Å². The van der Waals surface area contributed by atoms with Gasteiger partial charge in [-0.15, -0.1) is 0 Å². The van der Waals surface area contributed by atoms with Crippen LogP contribution in [-0.2, 0) is 6.42 Å². The van der Waals surface area contributed by atoms with Crippen LogP contribution < -0.4 is 4.72 Å². The van der Waals surface area contributed by atoms with Crippen LogP contribution in [0.15, 0.2) is 53.3 Å². The topological polar surface area (TPSA) is 12.0 Å². The van der Waals surface area contributed by atoms with Crippen LogP contribution in [0, 0.1) is 0 Å². The highest BCUT2D eigenvalue weighted by atomic mass is 32.2. The second-order valence-corrected chi connectivity index (χ2v) is 3.72. The predicted molar refractivity (Wildman–Crippen MR) is 58.1 cm³/mol. The van der Waals surface area contributed by atoms with Crippen LogP contribution in [0.25, 0.3) is 0 Å². The molecule has 1 N–H and O–H groups in total. The van der Waals surface area contributed by atoms with E-state index in [9.17, 15) is 4.39 Å². The molecule has 1 aromatic carbocycles. The number of nitrogens with one attached hydrogen (secondary N) is 1. The van der Waals surface area contributed by atoms with Gasteiger partial charge in [-0.2, -0.15) is 0 Å². The van der Waals surface area contributed by atoms with Crippen molar-refractivity contribution in [2.24, 2.45) is 0 Å². The number of halogens is 1. The van der Waals surface area contributed by atoms with Gasteiger partial charge < -0.3 is 4.72 Å². The first-order valence-electron chi connectivity index (χ1n) is 4.37. The van der Waals surface area contributed by atoms with E-state index >= 15 is 0 Å². The second kappa shape index (κ2) is 4.33. The van der Waals surface area contributed by atoms with Crippen molar-refractivity contribution in [2.75, 3.05) is 0 Å². The summed E-state index contributed by atoms with van der Waals surface area (Å²) in [4.78, 5) is 0. The summed E-state index contributed by atoms with van der Waals surface area (Å²) in [5.74, 6) is -0.174. The molecule has 1 aromatic rings. The molecule has 1 aliphatic rings. The smallest absolute Gasteiger partial charge is 0.143 e. The zero-order valence-corrected chi connectivity index (χ0v) is 8.35. The van der Waals surface area contributed by atoms with Gasteiger partial charge in [0.05, 0.1) is 5.70 Å². The highest BCUT2D eigenvalue weighted by Gasteiger charge is 2.08. The summed E-state index contributed by atoms with van der Waals surface area (Å²) in [6.07, 6.45) is 2.10. The summed E-state index contributed by atoms with van der Waals surface area (Å²) < 4.78 is 16.2. The molecular formula is C11H10FNS. The number of hydrogen-bond donors (Lipinski definition) is 1. The Morgan fingerprint density at radius 3 is 2.71 bits per heavy atom.